The Morgan fingerprint density at radius 3 is 2.23 bits per heavy atom. The summed E-state index contributed by atoms with van der Waals surface area (Å²) in [5.74, 6) is 0.729. The third-order valence-corrected chi connectivity index (χ3v) is 2.32. The van der Waals surface area contributed by atoms with Gasteiger partial charge in [-0.25, -0.2) is 0 Å². The molecule has 0 aliphatic rings. The molecule has 0 amide bonds. The fourth-order valence-corrected chi connectivity index (χ4v) is 1.44. The van der Waals surface area contributed by atoms with Gasteiger partial charge in [0, 0.05) is 13.2 Å². The minimum absolute atomic E-state index is 0.314. The number of nitrogens with one attached hydrogen (secondary N) is 1. The predicted octanol–water partition coefficient (Wildman–Crippen LogP) is 2.44. The molecule has 2 unspecified atom stereocenters. The van der Waals surface area contributed by atoms with Crippen molar-refractivity contribution in [3.8, 4) is 0 Å². The summed E-state index contributed by atoms with van der Waals surface area (Å²) in [7, 11) is 1.78. The van der Waals surface area contributed by atoms with E-state index in [0.29, 0.717) is 12.1 Å². The lowest BCUT2D eigenvalue weighted by molar-refractivity contribution is 0.0756. The molecule has 0 aliphatic carbocycles. The second-order valence-electron chi connectivity index (χ2n) is 4.13. The molecule has 0 rings (SSSR count). The summed E-state index contributed by atoms with van der Waals surface area (Å²) in [6.45, 7) is 9.92. The van der Waals surface area contributed by atoms with Crippen LogP contribution in [0.1, 0.15) is 40.5 Å². The van der Waals surface area contributed by atoms with Crippen LogP contribution in [0.3, 0.4) is 0 Å². The van der Waals surface area contributed by atoms with E-state index in [-0.39, 0.29) is 0 Å². The molecule has 0 aromatic rings. The number of rotatable bonds is 7. The topological polar surface area (TPSA) is 21.3 Å². The third kappa shape index (κ3) is 6.05. The van der Waals surface area contributed by atoms with Gasteiger partial charge in [-0.2, -0.15) is 0 Å². The summed E-state index contributed by atoms with van der Waals surface area (Å²) in [6, 6.07) is 0.505. The van der Waals surface area contributed by atoms with Crippen molar-refractivity contribution in [1.29, 1.82) is 0 Å². The van der Waals surface area contributed by atoms with Gasteiger partial charge in [-0.3, -0.25) is 0 Å². The molecular weight excluding hydrogens is 162 g/mol. The molecule has 80 valence electrons. The van der Waals surface area contributed by atoms with Crippen LogP contribution >= 0.6 is 0 Å². The Bertz CT molecular complexity index is 115. The molecule has 1 N–H and O–H groups in total. The van der Waals surface area contributed by atoms with E-state index in [0.717, 1.165) is 12.5 Å². The first-order valence-corrected chi connectivity index (χ1v) is 5.38. The average Bonchev–Trinajstić information content (AvgIpc) is 2.10. The quantitative estimate of drug-likeness (QED) is 0.661. The summed E-state index contributed by atoms with van der Waals surface area (Å²) >= 11 is 0. The van der Waals surface area contributed by atoms with E-state index in [4.69, 9.17) is 4.74 Å². The Kier molecular flexibility index (Phi) is 7.29. The van der Waals surface area contributed by atoms with Crippen LogP contribution in [0.25, 0.3) is 0 Å². The summed E-state index contributed by atoms with van der Waals surface area (Å²) in [4.78, 5) is 0. The van der Waals surface area contributed by atoms with Gasteiger partial charge in [-0.1, -0.05) is 20.8 Å². The zero-order valence-corrected chi connectivity index (χ0v) is 9.76. The number of ether oxygens (including phenoxy) is 1. The first-order chi connectivity index (χ1) is 6.11. The van der Waals surface area contributed by atoms with Gasteiger partial charge in [-0.05, 0) is 32.2 Å². The predicted molar refractivity (Wildman–Crippen MR) is 58.0 cm³/mol. The second kappa shape index (κ2) is 7.34. The maximum Gasteiger partial charge on any atom is 0.0696 e. The van der Waals surface area contributed by atoms with Gasteiger partial charge in [0.2, 0.25) is 0 Å². The van der Waals surface area contributed by atoms with Crippen LogP contribution in [0.15, 0.2) is 0 Å². The van der Waals surface area contributed by atoms with Gasteiger partial charge in [-0.15, -0.1) is 0 Å². The minimum atomic E-state index is 0.314. The Balaban J connectivity index is 3.87. The van der Waals surface area contributed by atoms with Crippen LogP contribution in [0, 0.1) is 5.92 Å². The van der Waals surface area contributed by atoms with Crippen molar-refractivity contribution >= 4 is 0 Å². The highest BCUT2D eigenvalue weighted by Gasteiger charge is 2.16. The summed E-state index contributed by atoms with van der Waals surface area (Å²) in [6.07, 6.45) is 2.69. The molecule has 0 saturated heterocycles. The van der Waals surface area contributed by atoms with E-state index < -0.39 is 0 Å². The zero-order valence-electron chi connectivity index (χ0n) is 9.76. The van der Waals surface area contributed by atoms with Crippen LogP contribution < -0.4 is 5.32 Å². The van der Waals surface area contributed by atoms with Crippen LogP contribution in [0.2, 0.25) is 0 Å². The van der Waals surface area contributed by atoms with E-state index in [2.05, 4.69) is 33.0 Å². The number of hydrogen-bond donors (Lipinski definition) is 1. The number of methoxy groups -OCH3 is 1. The standard InChI is InChI=1S/C11H25NO/c1-6-7-12-11(8-9(2)3)10(4)13-5/h9-12H,6-8H2,1-5H3. The largest absolute Gasteiger partial charge is 0.380 e. The van der Waals surface area contributed by atoms with Crippen molar-refractivity contribution in [1.82, 2.24) is 5.32 Å². The molecule has 2 nitrogen and oxygen atoms in total. The molecule has 0 heterocycles. The van der Waals surface area contributed by atoms with E-state index in [9.17, 15) is 0 Å². The van der Waals surface area contributed by atoms with Gasteiger partial charge in [0.25, 0.3) is 0 Å². The first kappa shape index (κ1) is 12.9. The molecule has 0 radical (unpaired) electrons. The van der Waals surface area contributed by atoms with Gasteiger partial charge in [0.15, 0.2) is 0 Å². The molecule has 0 bridgehead atoms. The molecule has 13 heavy (non-hydrogen) atoms. The Morgan fingerprint density at radius 1 is 1.23 bits per heavy atom. The van der Waals surface area contributed by atoms with Crippen LogP contribution in [0.5, 0.6) is 0 Å². The zero-order chi connectivity index (χ0) is 10.3. The molecule has 0 aromatic heterocycles. The molecular formula is C11H25NO. The molecule has 0 saturated carbocycles. The molecule has 0 fully saturated rings. The van der Waals surface area contributed by atoms with Crippen molar-refractivity contribution in [2.75, 3.05) is 13.7 Å². The van der Waals surface area contributed by atoms with Gasteiger partial charge < -0.3 is 10.1 Å². The molecule has 0 spiro atoms. The lowest BCUT2D eigenvalue weighted by Gasteiger charge is -2.25. The van der Waals surface area contributed by atoms with E-state index >= 15 is 0 Å². The highest BCUT2D eigenvalue weighted by molar-refractivity contribution is 4.74. The van der Waals surface area contributed by atoms with Crippen LogP contribution in [-0.2, 0) is 4.74 Å². The Hall–Kier alpha value is -0.0800. The lowest BCUT2D eigenvalue weighted by Crippen LogP contribution is -2.40. The molecule has 0 aliphatic heterocycles. The fourth-order valence-electron chi connectivity index (χ4n) is 1.44. The molecule has 2 atom stereocenters. The highest BCUT2D eigenvalue weighted by atomic mass is 16.5. The summed E-state index contributed by atoms with van der Waals surface area (Å²) in [5.41, 5.74) is 0. The minimum Gasteiger partial charge on any atom is -0.380 e. The van der Waals surface area contributed by atoms with Crippen molar-refractivity contribution in [3.05, 3.63) is 0 Å². The van der Waals surface area contributed by atoms with Crippen LogP contribution in [0.4, 0.5) is 0 Å². The normalized spacial score (nSPS) is 16.2. The maximum atomic E-state index is 5.35. The van der Waals surface area contributed by atoms with Gasteiger partial charge in [0.05, 0.1) is 6.10 Å². The Labute approximate surface area is 83.1 Å². The molecule has 0 aromatic carbocycles. The van der Waals surface area contributed by atoms with Crippen molar-refractivity contribution in [2.45, 2.75) is 52.7 Å². The van der Waals surface area contributed by atoms with Crippen molar-refractivity contribution < 1.29 is 4.74 Å². The van der Waals surface area contributed by atoms with Gasteiger partial charge in [0.1, 0.15) is 0 Å². The lowest BCUT2D eigenvalue weighted by atomic mass is 10.00. The van der Waals surface area contributed by atoms with E-state index in [1.807, 2.05) is 0 Å². The van der Waals surface area contributed by atoms with Gasteiger partial charge >= 0.3 is 0 Å². The Morgan fingerprint density at radius 2 is 1.85 bits per heavy atom. The SMILES string of the molecule is CCCNC(CC(C)C)C(C)OC. The van der Waals surface area contributed by atoms with E-state index in [1.165, 1.54) is 12.8 Å². The highest BCUT2D eigenvalue weighted by Crippen LogP contribution is 2.10. The average molecular weight is 187 g/mol. The van der Waals surface area contributed by atoms with Crippen LogP contribution in [-0.4, -0.2) is 25.8 Å². The fraction of sp³-hybridized carbons (Fsp3) is 1.00. The third-order valence-electron chi connectivity index (χ3n) is 2.32. The molecule has 2 heteroatoms. The second-order valence-corrected chi connectivity index (χ2v) is 4.13. The van der Waals surface area contributed by atoms with Crippen molar-refractivity contribution in [2.24, 2.45) is 5.92 Å². The smallest absolute Gasteiger partial charge is 0.0696 e. The maximum absolute atomic E-state index is 5.35. The number of hydrogen-bond acceptors (Lipinski definition) is 2. The summed E-state index contributed by atoms with van der Waals surface area (Å²) < 4.78 is 5.35. The van der Waals surface area contributed by atoms with E-state index in [1.54, 1.807) is 7.11 Å². The van der Waals surface area contributed by atoms with Crippen molar-refractivity contribution in [3.63, 3.8) is 0 Å². The first-order valence-electron chi connectivity index (χ1n) is 5.38. The summed E-state index contributed by atoms with van der Waals surface area (Å²) in [5, 5.41) is 3.53. The monoisotopic (exact) mass is 187 g/mol.